The third kappa shape index (κ3) is 4.36. The second-order valence-electron chi connectivity index (χ2n) is 7.89. The van der Waals surface area contributed by atoms with Crippen LogP contribution in [-0.2, 0) is 11.8 Å². The number of likely N-dealkylation sites (N-methyl/N-ethyl adjacent to an activating group) is 1. The van der Waals surface area contributed by atoms with Crippen molar-refractivity contribution in [1.29, 1.82) is 0 Å². The van der Waals surface area contributed by atoms with Crippen LogP contribution >= 0.6 is 0 Å². The fourth-order valence-corrected chi connectivity index (χ4v) is 4.16. The minimum atomic E-state index is -0.125. The number of rotatable bonds is 6. The normalized spacial score (nSPS) is 27.4. The van der Waals surface area contributed by atoms with E-state index in [1.165, 1.54) is 5.56 Å². The molecule has 1 aliphatic carbocycles. The second kappa shape index (κ2) is 8.32. The van der Waals surface area contributed by atoms with Gasteiger partial charge in [-0.1, -0.05) is 30.3 Å². The highest BCUT2D eigenvalue weighted by atomic mass is 16.5. The van der Waals surface area contributed by atoms with E-state index in [2.05, 4.69) is 51.9 Å². The molecule has 1 aliphatic heterocycles. The van der Waals surface area contributed by atoms with Crippen molar-refractivity contribution in [2.45, 2.75) is 24.5 Å². The van der Waals surface area contributed by atoms with Gasteiger partial charge in [0.1, 0.15) is 0 Å². The van der Waals surface area contributed by atoms with Crippen molar-refractivity contribution in [3.8, 4) is 0 Å². The van der Waals surface area contributed by atoms with Crippen LogP contribution < -0.4 is 10.6 Å². The molecule has 1 saturated carbocycles. The smallest absolute Gasteiger partial charge is 0.314 e. The molecular weight excluding hydrogens is 354 g/mol. The molecule has 7 heteroatoms. The summed E-state index contributed by atoms with van der Waals surface area (Å²) >= 11 is 0. The lowest BCUT2D eigenvalue weighted by atomic mass is 10.0. The summed E-state index contributed by atoms with van der Waals surface area (Å²) in [4.78, 5) is 14.5. The number of carbonyl (C=O) groups excluding carboxylic acids is 1. The molecule has 150 valence electrons. The van der Waals surface area contributed by atoms with Gasteiger partial charge in [-0.15, -0.1) is 0 Å². The van der Waals surface area contributed by atoms with Crippen LogP contribution in [0.4, 0.5) is 4.79 Å². The number of amides is 2. The van der Waals surface area contributed by atoms with Gasteiger partial charge in [-0.25, -0.2) is 4.79 Å². The molecular formula is C21H29N5O2. The molecule has 1 aromatic carbocycles. The van der Waals surface area contributed by atoms with E-state index in [0.717, 1.165) is 18.5 Å². The van der Waals surface area contributed by atoms with Crippen molar-refractivity contribution < 1.29 is 9.53 Å². The lowest BCUT2D eigenvalue weighted by molar-refractivity contribution is -0.0601. The van der Waals surface area contributed by atoms with Crippen LogP contribution in [0.3, 0.4) is 0 Å². The molecule has 0 spiro atoms. The number of aromatic nitrogens is 2. The number of nitrogens with zero attached hydrogens (tertiary/aromatic N) is 3. The summed E-state index contributed by atoms with van der Waals surface area (Å²) in [5.74, 6) is 1.11. The molecule has 2 aliphatic rings. The highest BCUT2D eigenvalue weighted by molar-refractivity contribution is 5.73. The van der Waals surface area contributed by atoms with Crippen LogP contribution in [0.15, 0.2) is 42.7 Å². The summed E-state index contributed by atoms with van der Waals surface area (Å²) in [6.07, 6.45) is 4.94. The Hall–Kier alpha value is -2.38. The molecule has 2 heterocycles. The molecule has 2 fully saturated rings. The van der Waals surface area contributed by atoms with Gasteiger partial charge < -0.3 is 15.4 Å². The van der Waals surface area contributed by atoms with Crippen LogP contribution in [0, 0.1) is 5.92 Å². The first-order chi connectivity index (χ1) is 13.6. The standard InChI is InChI=1S/C21H29N5O2/c1-25-8-9-28-19(20(25)17-12-24-26(2)14-17)13-23-21(27)22-11-16-10-18(16)15-6-4-3-5-7-15/h3-7,12,14,16,18-20H,8-11,13H2,1-2H3,(H2,22,23,27)/t16-,18-,19+,20+/m1/s1. The molecule has 0 bridgehead atoms. The second-order valence-corrected chi connectivity index (χ2v) is 7.89. The van der Waals surface area contributed by atoms with E-state index in [9.17, 15) is 4.79 Å². The van der Waals surface area contributed by atoms with Crippen molar-refractivity contribution >= 4 is 6.03 Å². The first kappa shape index (κ1) is 19.0. The predicted octanol–water partition coefficient (Wildman–Crippen LogP) is 1.89. The number of morpholine rings is 1. The number of nitrogens with one attached hydrogen (secondary N) is 2. The summed E-state index contributed by atoms with van der Waals surface area (Å²) in [5.41, 5.74) is 2.48. The zero-order valence-corrected chi connectivity index (χ0v) is 16.5. The zero-order valence-electron chi connectivity index (χ0n) is 16.5. The van der Waals surface area contributed by atoms with Gasteiger partial charge in [0.2, 0.25) is 0 Å². The Bertz CT molecular complexity index is 793. The zero-order chi connectivity index (χ0) is 19.5. The van der Waals surface area contributed by atoms with Gasteiger partial charge >= 0.3 is 6.03 Å². The Morgan fingerprint density at radius 1 is 1.18 bits per heavy atom. The number of carbonyl (C=O) groups is 1. The van der Waals surface area contributed by atoms with Crippen LogP contribution in [0.25, 0.3) is 0 Å². The van der Waals surface area contributed by atoms with E-state index in [1.807, 2.05) is 25.5 Å². The van der Waals surface area contributed by atoms with E-state index in [4.69, 9.17) is 4.74 Å². The fourth-order valence-electron chi connectivity index (χ4n) is 4.16. The van der Waals surface area contributed by atoms with Gasteiger partial charge in [0.15, 0.2) is 0 Å². The minimum Gasteiger partial charge on any atom is -0.373 e. The maximum atomic E-state index is 12.3. The number of aryl methyl sites for hydroxylation is 1. The lowest BCUT2D eigenvalue weighted by Gasteiger charge is -2.38. The first-order valence-corrected chi connectivity index (χ1v) is 9.99. The summed E-state index contributed by atoms with van der Waals surface area (Å²) in [5, 5.41) is 10.3. The number of hydrogen-bond donors (Lipinski definition) is 2. The van der Waals surface area contributed by atoms with E-state index in [0.29, 0.717) is 31.5 Å². The van der Waals surface area contributed by atoms with E-state index in [1.54, 1.807) is 4.68 Å². The molecule has 2 amide bonds. The molecule has 2 N–H and O–H groups in total. The van der Waals surface area contributed by atoms with Crippen LogP contribution in [0.5, 0.6) is 0 Å². The molecule has 4 atom stereocenters. The van der Waals surface area contributed by atoms with E-state index in [-0.39, 0.29) is 18.2 Å². The Labute approximate surface area is 166 Å². The Kier molecular flexibility index (Phi) is 5.64. The van der Waals surface area contributed by atoms with Gasteiger partial charge in [-0.2, -0.15) is 5.10 Å². The van der Waals surface area contributed by atoms with E-state index >= 15 is 0 Å². The number of ether oxygens (including phenoxy) is 1. The van der Waals surface area contributed by atoms with Gasteiger partial charge in [0.25, 0.3) is 0 Å². The largest absolute Gasteiger partial charge is 0.373 e. The highest BCUT2D eigenvalue weighted by Crippen LogP contribution is 2.46. The Balaban J connectivity index is 1.25. The highest BCUT2D eigenvalue weighted by Gasteiger charge is 2.38. The third-order valence-corrected chi connectivity index (χ3v) is 5.81. The average molecular weight is 383 g/mol. The van der Waals surface area contributed by atoms with E-state index < -0.39 is 0 Å². The van der Waals surface area contributed by atoms with Gasteiger partial charge in [0.05, 0.1) is 24.9 Å². The van der Waals surface area contributed by atoms with Crippen molar-refractivity contribution in [3.63, 3.8) is 0 Å². The first-order valence-electron chi connectivity index (χ1n) is 9.99. The summed E-state index contributed by atoms with van der Waals surface area (Å²) in [6.45, 7) is 2.72. The monoisotopic (exact) mass is 383 g/mol. The van der Waals surface area contributed by atoms with Crippen molar-refractivity contribution in [1.82, 2.24) is 25.3 Å². The van der Waals surface area contributed by atoms with Crippen molar-refractivity contribution in [2.24, 2.45) is 13.0 Å². The van der Waals surface area contributed by atoms with Gasteiger partial charge in [-0.05, 0) is 30.9 Å². The molecule has 1 saturated heterocycles. The molecule has 4 rings (SSSR count). The fraction of sp³-hybridized carbons (Fsp3) is 0.524. The molecule has 1 aromatic heterocycles. The number of hydrogen-bond acceptors (Lipinski definition) is 4. The number of benzene rings is 1. The SMILES string of the molecule is CN1CCO[C@@H](CNC(=O)NC[C@H]2C[C@@H]2c2ccccc2)[C@@H]1c1cnn(C)c1. The maximum absolute atomic E-state index is 12.3. The summed E-state index contributed by atoms with van der Waals surface area (Å²) in [6, 6.07) is 10.5. The quantitative estimate of drug-likeness (QED) is 0.799. The average Bonchev–Trinajstić information content (AvgIpc) is 3.37. The van der Waals surface area contributed by atoms with Gasteiger partial charge in [0, 0.05) is 38.4 Å². The van der Waals surface area contributed by atoms with Crippen molar-refractivity contribution in [2.75, 3.05) is 33.3 Å². The Morgan fingerprint density at radius 2 is 1.96 bits per heavy atom. The minimum absolute atomic E-state index is 0.0910. The van der Waals surface area contributed by atoms with Crippen LogP contribution in [0.1, 0.15) is 29.5 Å². The molecule has 2 aromatic rings. The van der Waals surface area contributed by atoms with Crippen molar-refractivity contribution in [3.05, 3.63) is 53.9 Å². The molecule has 7 nitrogen and oxygen atoms in total. The van der Waals surface area contributed by atoms with Gasteiger partial charge in [-0.3, -0.25) is 9.58 Å². The third-order valence-electron chi connectivity index (χ3n) is 5.81. The van der Waals surface area contributed by atoms with Crippen LogP contribution in [-0.4, -0.2) is 60.1 Å². The number of urea groups is 1. The topological polar surface area (TPSA) is 71.4 Å². The summed E-state index contributed by atoms with van der Waals surface area (Å²) < 4.78 is 7.77. The summed E-state index contributed by atoms with van der Waals surface area (Å²) in [7, 11) is 4.00. The maximum Gasteiger partial charge on any atom is 0.314 e. The lowest BCUT2D eigenvalue weighted by Crippen LogP contribution is -2.49. The predicted molar refractivity (Wildman–Crippen MR) is 107 cm³/mol. The Morgan fingerprint density at radius 3 is 2.71 bits per heavy atom. The molecule has 0 radical (unpaired) electrons. The molecule has 28 heavy (non-hydrogen) atoms. The van der Waals surface area contributed by atoms with Crippen LogP contribution in [0.2, 0.25) is 0 Å². The molecule has 0 unspecified atom stereocenters.